The number of fused-ring (bicyclic) bond motifs is 1. The summed E-state index contributed by atoms with van der Waals surface area (Å²) < 4.78 is 10.6. The maximum Gasteiger partial charge on any atom is 0.315 e. The van der Waals surface area contributed by atoms with E-state index in [0.29, 0.717) is 19.6 Å². The molecule has 1 atom stereocenters. The Kier molecular flexibility index (Phi) is 5.01. The summed E-state index contributed by atoms with van der Waals surface area (Å²) in [4.78, 5) is 11.6. The zero-order valence-electron chi connectivity index (χ0n) is 11.8. The highest BCUT2D eigenvalue weighted by Gasteiger charge is 2.10. The van der Waals surface area contributed by atoms with Gasteiger partial charge in [0.2, 0.25) is 0 Å². The molecule has 0 aliphatic heterocycles. The molecule has 1 heterocycles. The van der Waals surface area contributed by atoms with E-state index in [4.69, 9.17) is 9.15 Å². The summed E-state index contributed by atoms with van der Waals surface area (Å²) in [6.07, 6.45) is 0.659. The van der Waals surface area contributed by atoms with Crippen LogP contribution in [0.1, 0.15) is 12.7 Å². The number of para-hydroxylation sites is 1. The van der Waals surface area contributed by atoms with Crippen molar-refractivity contribution in [1.82, 2.24) is 10.6 Å². The van der Waals surface area contributed by atoms with E-state index in [1.165, 1.54) is 0 Å². The summed E-state index contributed by atoms with van der Waals surface area (Å²) in [7, 11) is 1.60. The fraction of sp³-hybridized carbons (Fsp3) is 0.400. The van der Waals surface area contributed by atoms with E-state index >= 15 is 0 Å². The predicted molar refractivity (Wildman–Crippen MR) is 77.8 cm³/mol. The van der Waals surface area contributed by atoms with Gasteiger partial charge in [0.1, 0.15) is 11.3 Å². The minimum absolute atomic E-state index is 0.00175. The van der Waals surface area contributed by atoms with E-state index < -0.39 is 0 Å². The van der Waals surface area contributed by atoms with E-state index in [1.807, 2.05) is 37.3 Å². The molecule has 0 saturated heterocycles. The maximum atomic E-state index is 11.6. The van der Waals surface area contributed by atoms with Crippen molar-refractivity contribution < 1.29 is 13.9 Å². The van der Waals surface area contributed by atoms with Crippen LogP contribution in [-0.2, 0) is 11.2 Å². The second kappa shape index (κ2) is 6.96. The van der Waals surface area contributed by atoms with Gasteiger partial charge in [-0.05, 0) is 19.1 Å². The first-order valence-electron chi connectivity index (χ1n) is 6.70. The predicted octanol–water partition coefficient (Wildman–Crippen LogP) is 2.31. The number of furan rings is 1. The lowest BCUT2D eigenvalue weighted by molar-refractivity contribution is 0.195. The third-order valence-electron chi connectivity index (χ3n) is 2.95. The smallest absolute Gasteiger partial charge is 0.315 e. The van der Waals surface area contributed by atoms with Crippen LogP contribution in [0, 0.1) is 0 Å². The van der Waals surface area contributed by atoms with Crippen molar-refractivity contribution in [3.8, 4) is 0 Å². The van der Waals surface area contributed by atoms with Gasteiger partial charge in [-0.25, -0.2) is 4.79 Å². The monoisotopic (exact) mass is 276 g/mol. The van der Waals surface area contributed by atoms with Gasteiger partial charge >= 0.3 is 6.03 Å². The van der Waals surface area contributed by atoms with Crippen LogP contribution < -0.4 is 10.6 Å². The molecular weight excluding hydrogens is 256 g/mol. The van der Waals surface area contributed by atoms with Crippen LogP contribution in [-0.4, -0.2) is 32.3 Å². The summed E-state index contributed by atoms with van der Waals surface area (Å²) in [5, 5.41) is 6.67. The number of benzene rings is 1. The Hall–Kier alpha value is -2.01. The van der Waals surface area contributed by atoms with Crippen LogP contribution in [0.3, 0.4) is 0 Å². The van der Waals surface area contributed by atoms with E-state index in [-0.39, 0.29) is 12.1 Å². The second-order valence-electron chi connectivity index (χ2n) is 4.75. The summed E-state index contributed by atoms with van der Waals surface area (Å²) in [5.41, 5.74) is 0.874. The van der Waals surface area contributed by atoms with Crippen LogP contribution in [0.15, 0.2) is 34.7 Å². The van der Waals surface area contributed by atoms with Gasteiger partial charge in [0.05, 0.1) is 6.61 Å². The van der Waals surface area contributed by atoms with Gasteiger partial charge in [0.15, 0.2) is 0 Å². The zero-order chi connectivity index (χ0) is 14.4. The van der Waals surface area contributed by atoms with Crippen molar-refractivity contribution in [2.75, 3.05) is 20.3 Å². The normalized spacial score (nSPS) is 12.3. The fourth-order valence-corrected chi connectivity index (χ4v) is 2.03. The number of methoxy groups -OCH3 is 1. The molecule has 0 fully saturated rings. The Morgan fingerprint density at radius 1 is 1.40 bits per heavy atom. The molecule has 2 aromatic rings. The van der Waals surface area contributed by atoms with Crippen LogP contribution in [0.5, 0.6) is 0 Å². The Morgan fingerprint density at radius 3 is 2.95 bits per heavy atom. The molecule has 0 bridgehead atoms. The molecule has 2 rings (SSSR count). The standard InChI is InChI=1S/C15H20N2O3/c1-11(17-15(18)16-7-8-19-2)9-13-10-12-5-3-4-6-14(12)20-13/h3-6,10-11H,7-9H2,1-2H3,(H2,16,17,18). The molecule has 0 aliphatic carbocycles. The average Bonchev–Trinajstić information content (AvgIpc) is 2.80. The highest BCUT2D eigenvalue weighted by molar-refractivity contribution is 5.77. The Labute approximate surface area is 118 Å². The van der Waals surface area contributed by atoms with Gasteiger partial charge in [-0.15, -0.1) is 0 Å². The number of rotatable bonds is 6. The summed E-state index contributed by atoms with van der Waals surface area (Å²) in [6.45, 7) is 2.95. The zero-order valence-corrected chi connectivity index (χ0v) is 11.8. The highest BCUT2D eigenvalue weighted by atomic mass is 16.5. The number of hydrogen-bond acceptors (Lipinski definition) is 3. The minimum Gasteiger partial charge on any atom is -0.461 e. The third-order valence-corrected chi connectivity index (χ3v) is 2.95. The molecule has 1 unspecified atom stereocenters. The average molecular weight is 276 g/mol. The summed E-state index contributed by atoms with van der Waals surface area (Å²) in [6, 6.07) is 9.69. The van der Waals surface area contributed by atoms with Gasteiger partial charge in [0, 0.05) is 31.5 Å². The molecule has 2 amide bonds. The number of amides is 2. The van der Waals surface area contributed by atoms with Crippen molar-refractivity contribution >= 4 is 17.0 Å². The van der Waals surface area contributed by atoms with Crippen molar-refractivity contribution in [2.24, 2.45) is 0 Å². The lowest BCUT2D eigenvalue weighted by Crippen LogP contribution is -2.42. The largest absolute Gasteiger partial charge is 0.461 e. The molecule has 1 aromatic carbocycles. The Morgan fingerprint density at radius 2 is 2.20 bits per heavy atom. The van der Waals surface area contributed by atoms with E-state index in [2.05, 4.69) is 10.6 Å². The van der Waals surface area contributed by atoms with Crippen molar-refractivity contribution in [2.45, 2.75) is 19.4 Å². The quantitative estimate of drug-likeness (QED) is 0.796. The molecule has 0 saturated carbocycles. The first kappa shape index (κ1) is 14.4. The van der Waals surface area contributed by atoms with Gasteiger partial charge in [-0.1, -0.05) is 18.2 Å². The molecule has 20 heavy (non-hydrogen) atoms. The van der Waals surface area contributed by atoms with Gasteiger partial charge < -0.3 is 19.8 Å². The fourth-order valence-electron chi connectivity index (χ4n) is 2.03. The number of carbonyl (C=O) groups is 1. The van der Waals surface area contributed by atoms with Gasteiger partial charge in [-0.2, -0.15) is 0 Å². The molecule has 0 spiro atoms. The minimum atomic E-state index is -0.189. The SMILES string of the molecule is COCCNC(=O)NC(C)Cc1cc2ccccc2o1. The molecule has 0 aliphatic rings. The van der Waals surface area contributed by atoms with Gasteiger partial charge in [0.25, 0.3) is 0 Å². The van der Waals surface area contributed by atoms with Crippen molar-refractivity contribution in [3.05, 3.63) is 36.1 Å². The lowest BCUT2D eigenvalue weighted by atomic mass is 10.2. The summed E-state index contributed by atoms with van der Waals surface area (Å²) >= 11 is 0. The summed E-state index contributed by atoms with van der Waals surface area (Å²) in [5.74, 6) is 0.871. The first-order valence-corrected chi connectivity index (χ1v) is 6.70. The molecule has 5 heteroatoms. The van der Waals surface area contributed by atoms with Crippen molar-refractivity contribution in [3.63, 3.8) is 0 Å². The molecule has 2 N–H and O–H groups in total. The number of urea groups is 1. The first-order chi connectivity index (χ1) is 9.69. The van der Waals surface area contributed by atoms with Crippen LogP contribution in [0.25, 0.3) is 11.0 Å². The van der Waals surface area contributed by atoms with E-state index in [1.54, 1.807) is 7.11 Å². The molecule has 108 valence electrons. The number of carbonyl (C=O) groups excluding carboxylic acids is 1. The Balaban J connectivity index is 1.84. The van der Waals surface area contributed by atoms with Crippen LogP contribution in [0.4, 0.5) is 4.79 Å². The van der Waals surface area contributed by atoms with Crippen LogP contribution in [0.2, 0.25) is 0 Å². The van der Waals surface area contributed by atoms with E-state index in [0.717, 1.165) is 16.7 Å². The number of nitrogens with one attached hydrogen (secondary N) is 2. The van der Waals surface area contributed by atoms with E-state index in [9.17, 15) is 4.79 Å². The topological polar surface area (TPSA) is 63.5 Å². The lowest BCUT2D eigenvalue weighted by Gasteiger charge is -2.13. The highest BCUT2D eigenvalue weighted by Crippen LogP contribution is 2.19. The maximum absolute atomic E-state index is 11.6. The molecule has 1 aromatic heterocycles. The number of hydrogen-bond donors (Lipinski definition) is 2. The van der Waals surface area contributed by atoms with Crippen molar-refractivity contribution in [1.29, 1.82) is 0 Å². The molecule has 5 nitrogen and oxygen atoms in total. The number of ether oxygens (including phenoxy) is 1. The molecule has 0 radical (unpaired) electrons. The van der Waals surface area contributed by atoms with Crippen LogP contribution >= 0.6 is 0 Å². The third kappa shape index (κ3) is 3.99. The molecular formula is C15H20N2O3. The second-order valence-corrected chi connectivity index (χ2v) is 4.75. The van der Waals surface area contributed by atoms with Gasteiger partial charge in [-0.3, -0.25) is 0 Å². The Bertz CT molecular complexity index is 532.